The van der Waals surface area contributed by atoms with Crippen LogP contribution in [0.4, 0.5) is 0 Å². The van der Waals surface area contributed by atoms with Crippen molar-refractivity contribution in [3.05, 3.63) is 18.2 Å². The minimum Gasteiger partial charge on any atom is -0.481 e. The van der Waals surface area contributed by atoms with Gasteiger partial charge in [0.1, 0.15) is 24.8 Å². The van der Waals surface area contributed by atoms with Gasteiger partial charge in [-0.2, -0.15) is 0 Å². The highest BCUT2D eigenvalue weighted by Crippen LogP contribution is 2.17. The van der Waals surface area contributed by atoms with Gasteiger partial charge in [0, 0.05) is 70.8 Å². The first-order valence-corrected chi connectivity index (χ1v) is 25.5. The first-order chi connectivity index (χ1) is 32.9. The van der Waals surface area contributed by atoms with Crippen LogP contribution in [0.2, 0.25) is 0 Å². The van der Waals surface area contributed by atoms with E-state index in [0.29, 0.717) is 90.9 Å². The van der Waals surface area contributed by atoms with Gasteiger partial charge in [0.05, 0.1) is 51.3 Å². The van der Waals surface area contributed by atoms with Crippen molar-refractivity contribution in [2.24, 2.45) is 11.7 Å². The SMILES string of the molecule is CCCCCCCCCCCCCCCC(=O)CC(CCC(=O)NC)C(=O)O.CCCOCCOCC(=O)CCCOCCOCC(=O)NCCCC[C@H](NCC(=O)CCc1cnc[nH]1)C(N)=O. The molecule has 0 aliphatic heterocycles. The molecule has 18 heteroatoms. The van der Waals surface area contributed by atoms with Crippen LogP contribution in [0.15, 0.2) is 12.5 Å². The molecule has 1 unspecified atom stereocenters. The van der Waals surface area contributed by atoms with E-state index >= 15 is 0 Å². The van der Waals surface area contributed by atoms with Gasteiger partial charge in [-0.3, -0.25) is 38.9 Å². The summed E-state index contributed by atoms with van der Waals surface area (Å²) < 4.78 is 21.3. The second kappa shape index (κ2) is 46.6. The summed E-state index contributed by atoms with van der Waals surface area (Å²) in [5.74, 6) is -2.64. The number of nitrogens with two attached hydrogens (primary N) is 1. The number of amides is 3. The van der Waals surface area contributed by atoms with Crippen LogP contribution in [0, 0.1) is 5.92 Å². The Morgan fingerprint density at radius 2 is 1.24 bits per heavy atom. The van der Waals surface area contributed by atoms with Crippen molar-refractivity contribution in [3.8, 4) is 0 Å². The van der Waals surface area contributed by atoms with Crippen molar-refractivity contribution in [3.63, 3.8) is 0 Å². The Morgan fingerprint density at radius 1 is 0.632 bits per heavy atom. The molecule has 1 heterocycles. The molecular weight excluding hydrogens is 877 g/mol. The number of nitrogens with zero attached hydrogens (tertiary/aromatic N) is 1. The Labute approximate surface area is 406 Å². The molecule has 0 saturated heterocycles. The van der Waals surface area contributed by atoms with Gasteiger partial charge in [0.15, 0.2) is 5.78 Å². The van der Waals surface area contributed by atoms with Gasteiger partial charge >= 0.3 is 5.97 Å². The molecule has 0 aliphatic carbocycles. The predicted octanol–water partition coefficient (Wildman–Crippen LogP) is 6.12. The fourth-order valence-corrected chi connectivity index (χ4v) is 6.96. The molecule has 18 nitrogen and oxygen atoms in total. The fraction of sp³-hybridized carbons (Fsp3) is 0.800. The Morgan fingerprint density at radius 3 is 1.82 bits per heavy atom. The van der Waals surface area contributed by atoms with Gasteiger partial charge < -0.3 is 45.4 Å². The molecule has 2 atom stereocenters. The van der Waals surface area contributed by atoms with Gasteiger partial charge in [-0.05, 0) is 51.4 Å². The van der Waals surface area contributed by atoms with Gasteiger partial charge in [-0.25, -0.2) is 4.98 Å². The number of carbonyl (C=O) groups excluding carboxylic acids is 6. The molecule has 0 spiro atoms. The van der Waals surface area contributed by atoms with E-state index in [2.05, 4.69) is 32.8 Å². The normalized spacial score (nSPS) is 11.9. The number of rotatable bonds is 48. The topological polar surface area (TPSA) is 267 Å². The lowest BCUT2D eigenvalue weighted by Gasteiger charge is -2.15. The number of carboxylic acids is 1. The van der Waals surface area contributed by atoms with Crippen molar-refractivity contribution in [2.45, 2.75) is 180 Å². The molecule has 68 heavy (non-hydrogen) atoms. The Balaban J connectivity index is 0.00000141. The first kappa shape index (κ1) is 63.9. The number of ketones is 3. The number of carboxylic acid groups (broad SMARTS) is 1. The largest absolute Gasteiger partial charge is 0.481 e. The van der Waals surface area contributed by atoms with E-state index in [1.165, 1.54) is 71.3 Å². The smallest absolute Gasteiger partial charge is 0.306 e. The zero-order valence-electron chi connectivity index (χ0n) is 42.0. The lowest BCUT2D eigenvalue weighted by molar-refractivity contribution is -0.144. The number of aliphatic carboxylic acids is 1. The van der Waals surface area contributed by atoms with Crippen molar-refractivity contribution in [1.82, 2.24) is 25.9 Å². The highest BCUT2D eigenvalue weighted by atomic mass is 16.5. The molecule has 0 bridgehead atoms. The zero-order chi connectivity index (χ0) is 50.3. The number of primary amides is 1. The summed E-state index contributed by atoms with van der Waals surface area (Å²) in [4.78, 5) is 88.7. The number of imidazole rings is 1. The van der Waals surface area contributed by atoms with Crippen LogP contribution >= 0.6 is 0 Å². The van der Waals surface area contributed by atoms with Crippen molar-refractivity contribution < 1.29 is 57.6 Å². The van der Waals surface area contributed by atoms with Crippen LogP contribution in [0.25, 0.3) is 0 Å². The maximum Gasteiger partial charge on any atom is 0.306 e. The summed E-state index contributed by atoms with van der Waals surface area (Å²) >= 11 is 0. The van der Waals surface area contributed by atoms with Crippen molar-refractivity contribution >= 4 is 41.0 Å². The van der Waals surface area contributed by atoms with Crippen LogP contribution in [-0.2, 0) is 58.9 Å². The molecule has 392 valence electrons. The Kier molecular flexibility index (Phi) is 43.8. The molecule has 0 fully saturated rings. The zero-order valence-corrected chi connectivity index (χ0v) is 42.0. The lowest BCUT2D eigenvalue weighted by Crippen LogP contribution is -2.43. The number of unbranched alkanes of at least 4 members (excludes halogenated alkanes) is 13. The van der Waals surface area contributed by atoms with Crippen LogP contribution in [0.3, 0.4) is 0 Å². The highest BCUT2D eigenvalue weighted by molar-refractivity contribution is 5.85. The molecule has 0 radical (unpaired) electrons. The molecule has 7 N–H and O–H groups in total. The van der Waals surface area contributed by atoms with E-state index in [4.69, 9.17) is 24.7 Å². The minimum absolute atomic E-state index is 0.00683. The third kappa shape index (κ3) is 42.0. The van der Waals surface area contributed by atoms with E-state index in [9.17, 15) is 38.7 Å². The number of hydrogen-bond donors (Lipinski definition) is 6. The van der Waals surface area contributed by atoms with Gasteiger partial charge in [-0.1, -0.05) is 90.9 Å². The first-order valence-electron chi connectivity index (χ1n) is 25.5. The average molecular weight is 967 g/mol. The molecule has 1 aromatic rings. The maximum absolute atomic E-state index is 12.0. The van der Waals surface area contributed by atoms with Crippen LogP contribution in [0.5, 0.6) is 0 Å². The van der Waals surface area contributed by atoms with E-state index in [1.54, 1.807) is 12.5 Å². The standard InChI is InChI=1S/C27H47N5O8.C23H43NO4/c1-2-11-37-13-15-39-19-24(34)6-5-12-38-14-16-40-20-26(35)30-10-4-3-7-25(27(28)36)31-18-23(33)9-8-22-17-29-21-32-22;1-3-4-5-6-7-8-9-10-11-12-13-14-15-16-21(25)19-20(23(27)28)17-18-22(26)24-2/h17,21,25,31H,2-16,18-20H2,1H3,(H2,28,36)(H,29,32)(H,30,35);20H,3-19H2,1-2H3,(H,24,26)(H,27,28)/t25-;/m0./s1. The summed E-state index contributed by atoms with van der Waals surface area (Å²) in [6.45, 7) is 7.45. The number of ether oxygens (including phenoxy) is 4. The summed E-state index contributed by atoms with van der Waals surface area (Å²) in [5.41, 5.74) is 6.33. The number of aromatic nitrogens is 2. The average Bonchev–Trinajstić information content (AvgIpc) is 3.85. The van der Waals surface area contributed by atoms with E-state index in [0.717, 1.165) is 31.4 Å². The number of H-pyrrole nitrogens is 1. The number of hydrogen-bond acceptors (Lipinski definition) is 13. The summed E-state index contributed by atoms with van der Waals surface area (Å²) in [6.07, 6.45) is 25.2. The second-order valence-corrected chi connectivity index (χ2v) is 17.3. The fourth-order valence-electron chi connectivity index (χ4n) is 6.96. The summed E-state index contributed by atoms with van der Waals surface area (Å²) in [5, 5.41) is 17.4. The van der Waals surface area contributed by atoms with E-state index in [-0.39, 0.29) is 74.8 Å². The molecule has 3 amide bonds. The van der Waals surface area contributed by atoms with Crippen LogP contribution in [-0.4, -0.2) is 135 Å². The van der Waals surface area contributed by atoms with Crippen molar-refractivity contribution in [1.29, 1.82) is 0 Å². The van der Waals surface area contributed by atoms with E-state index < -0.39 is 23.8 Å². The Hall–Kier alpha value is -4.10. The maximum atomic E-state index is 12.0. The van der Waals surface area contributed by atoms with Gasteiger partial charge in [0.2, 0.25) is 17.7 Å². The molecule has 0 aromatic carbocycles. The molecule has 0 saturated carbocycles. The number of nitrogens with one attached hydrogen (secondary N) is 4. The second-order valence-electron chi connectivity index (χ2n) is 17.3. The third-order valence-electron chi connectivity index (χ3n) is 11.1. The van der Waals surface area contributed by atoms with E-state index in [1.807, 2.05) is 6.92 Å². The Bertz CT molecular complexity index is 1450. The van der Waals surface area contributed by atoms with Crippen molar-refractivity contribution in [2.75, 3.05) is 73.0 Å². The molecule has 1 rings (SSSR count). The van der Waals surface area contributed by atoms with Gasteiger partial charge in [-0.15, -0.1) is 0 Å². The quantitative estimate of drug-likeness (QED) is 0.0402. The highest BCUT2D eigenvalue weighted by Gasteiger charge is 2.22. The third-order valence-corrected chi connectivity index (χ3v) is 11.1. The lowest BCUT2D eigenvalue weighted by atomic mass is 9.94. The number of carbonyl (C=O) groups is 7. The van der Waals surface area contributed by atoms with Crippen LogP contribution < -0.4 is 21.7 Å². The number of aromatic amines is 1. The minimum atomic E-state index is -0.984. The van der Waals surface area contributed by atoms with Gasteiger partial charge in [0.25, 0.3) is 0 Å². The monoisotopic (exact) mass is 967 g/mol. The molecule has 1 aromatic heterocycles. The number of Topliss-reactive ketones (excluding diaryl/α,β-unsaturated/α-hetero) is 3. The molecule has 0 aliphatic rings. The number of aryl methyl sites for hydroxylation is 1. The predicted molar refractivity (Wildman–Crippen MR) is 262 cm³/mol. The summed E-state index contributed by atoms with van der Waals surface area (Å²) in [7, 11) is 1.53. The molecular formula is C50H90N6O12. The van der Waals surface area contributed by atoms with Crippen LogP contribution in [0.1, 0.15) is 174 Å². The summed E-state index contributed by atoms with van der Waals surface area (Å²) in [6, 6.07) is -0.600.